The minimum Gasteiger partial charge on any atom is -0.450 e. The Morgan fingerprint density at radius 1 is 1.39 bits per heavy atom. The maximum atomic E-state index is 11.3. The van der Waals surface area contributed by atoms with Crippen molar-refractivity contribution in [3.63, 3.8) is 0 Å². The zero-order chi connectivity index (χ0) is 13.4. The number of nitrogens with one attached hydrogen (secondary N) is 1. The predicted octanol–water partition coefficient (Wildman–Crippen LogP) is 4.74. The first-order chi connectivity index (χ1) is 8.67. The van der Waals surface area contributed by atoms with E-state index in [4.69, 9.17) is 4.74 Å². The lowest BCUT2D eigenvalue weighted by Crippen LogP contribution is -2.13. The number of aryl methyl sites for hydroxylation is 1. The van der Waals surface area contributed by atoms with Crippen LogP contribution in [0, 0.1) is 0 Å². The molecule has 1 rings (SSSR count). The molecule has 0 atom stereocenters. The third-order valence-corrected chi connectivity index (χ3v) is 3.61. The van der Waals surface area contributed by atoms with E-state index < -0.39 is 6.09 Å². The van der Waals surface area contributed by atoms with Gasteiger partial charge in [0.15, 0.2) is 0 Å². The molecule has 3 nitrogen and oxygen atoms in total. The Morgan fingerprint density at radius 3 is 2.78 bits per heavy atom. The van der Waals surface area contributed by atoms with Gasteiger partial charge in [0, 0.05) is 9.80 Å². The van der Waals surface area contributed by atoms with Gasteiger partial charge in [0.1, 0.15) is 0 Å². The van der Waals surface area contributed by atoms with Crippen molar-refractivity contribution in [3.8, 4) is 0 Å². The van der Waals surface area contributed by atoms with Crippen molar-refractivity contribution in [1.82, 2.24) is 0 Å². The number of hydrogen-bond donors (Lipinski definition) is 1. The number of amides is 1. The van der Waals surface area contributed by atoms with Gasteiger partial charge in [0.05, 0.1) is 12.3 Å². The van der Waals surface area contributed by atoms with E-state index in [0.717, 1.165) is 28.3 Å². The zero-order valence-electron chi connectivity index (χ0n) is 10.3. The molecule has 0 unspecified atom stereocenters. The Bertz CT molecular complexity index is 397. The second kappa shape index (κ2) is 8.53. The second-order valence-electron chi connectivity index (χ2n) is 3.81. The maximum absolute atomic E-state index is 11.3. The second-order valence-corrected chi connectivity index (χ2v) is 5.45. The van der Waals surface area contributed by atoms with Gasteiger partial charge < -0.3 is 4.74 Å². The molecule has 0 spiro atoms. The Morgan fingerprint density at radius 2 is 2.17 bits per heavy atom. The molecule has 0 aliphatic rings. The number of ether oxygens (including phenoxy) is 1. The van der Waals surface area contributed by atoms with E-state index in [1.54, 1.807) is 6.92 Å². The molecule has 0 aliphatic carbocycles. The fourth-order valence-electron chi connectivity index (χ4n) is 1.52. The number of alkyl halides is 1. The molecule has 0 heterocycles. The van der Waals surface area contributed by atoms with Crippen molar-refractivity contribution in [2.45, 2.75) is 26.2 Å². The van der Waals surface area contributed by atoms with Gasteiger partial charge in [0.25, 0.3) is 0 Å². The van der Waals surface area contributed by atoms with Crippen LogP contribution in [0.25, 0.3) is 0 Å². The molecule has 0 saturated carbocycles. The molecule has 0 aromatic heterocycles. The highest BCUT2D eigenvalue weighted by Crippen LogP contribution is 2.24. The highest BCUT2D eigenvalue weighted by molar-refractivity contribution is 9.10. The smallest absolute Gasteiger partial charge is 0.411 e. The van der Waals surface area contributed by atoms with Crippen molar-refractivity contribution < 1.29 is 9.53 Å². The van der Waals surface area contributed by atoms with E-state index in [2.05, 4.69) is 37.2 Å². The fraction of sp³-hybridized carbons (Fsp3) is 0.462. The minimum absolute atomic E-state index is 0.369. The zero-order valence-corrected chi connectivity index (χ0v) is 13.5. The monoisotopic (exact) mass is 377 g/mol. The molecule has 0 aliphatic heterocycles. The third kappa shape index (κ3) is 5.40. The third-order valence-electron chi connectivity index (χ3n) is 2.39. The van der Waals surface area contributed by atoms with E-state index in [1.807, 2.05) is 18.2 Å². The quantitative estimate of drug-likeness (QED) is 0.573. The average Bonchev–Trinajstić information content (AvgIpc) is 2.33. The number of carbonyl (C=O) groups is 1. The minimum atomic E-state index is -0.426. The first-order valence-electron chi connectivity index (χ1n) is 5.95. The number of halogens is 2. The lowest BCUT2D eigenvalue weighted by atomic mass is 10.1. The summed E-state index contributed by atoms with van der Waals surface area (Å²) < 4.78 is 5.72. The van der Waals surface area contributed by atoms with Gasteiger partial charge in [-0.3, -0.25) is 5.32 Å². The Labute approximate surface area is 125 Å². The molecule has 1 aromatic rings. The summed E-state index contributed by atoms with van der Waals surface area (Å²) in [6.07, 6.45) is 2.94. The highest BCUT2D eigenvalue weighted by Gasteiger charge is 2.06. The van der Waals surface area contributed by atoms with E-state index in [1.165, 1.54) is 12.0 Å². The van der Waals surface area contributed by atoms with Crippen molar-refractivity contribution in [2.75, 3.05) is 17.3 Å². The number of hydrogen-bond acceptors (Lipinski definition) is 2. The highest BCUT2D eigenvalue weighted by atomic mass is 79.9. The summed E-state index contributed by atoms with van der Waals surface area (Å²) in [6.45, 7) is 2.15. The van der Waals surface area contributed by atoms with Crippen molar-refractivity contribution in [2.24, 2.45) is 0 Å². The van der Waals surface area contributed by atoms with Gasteiger partial charge >= 0.3 is 6.09 Å². The summed E-state index contributed by atoms with van der Waals surface area (Å²) >= 11 is 6.88. The number of unbranched alkanes of at least 4 members (excludes halogenated alkanes) is 1. The van der Waals surface area contributed by atoms with Crippen LogP contribution >= 0.6 is 31.9 Å². The van der Waals surface area contributed by atoms with Crippen molar-refractivity contribution in [3.05, 3.63) is 28.2 Å². The number of benzene rings is 1. The van der Waals surface area contributed by atoms with Crippen LogP contribution in [0.5, 0.6) is 0 Å². The predicted molar refractivity (Wildman–Crippen MR) is 81.5 cm³/mol. The van der Waals surface area contributed by atoms with Crippen LogP contribution in [0.1, 0.15) is 25.3 Å². The lowest BCUT2D eigenvalue weighted by molar-refractivity contribution is 0.168. The van der Waals surface area contributed by atoms with E-state index in [-0.39, 0.29) is 0 Å². The van der Waals surface area contributed by atoms with Crippen LogP contribution in [0.3, 0.4) is 0 Å². The van der Waals surface area contributed by atoms with E-state index in [9.17, 15) is 4.79 Å². The molecule has 5 heteroatoms. The van der Waals surface area contributed by atoms with Crippen molar-refractivity contribution in [1.29, 1.82) is 0 Å². The van der Waals surface area contributed by atoms with Gasteiger partial charge in [0.2, 0.25) is 0 Å². The summed E-state index contributed by atoms with van der Waals surface area (Å²) in [5, 5.41) is 3.73. The Kier molecular flexibility index (Phi) is 7.35. The van der Waals surface area contributed by atoms with Crippen LogP contribution in [0.2, 0.25) is 0 Å². The SMILES string of the molecule is CCOC(=O)Nc1ccc(CCCCBr)cc1Br. The van der Waals surface area contributed by atoms with Crippen LogP contribution in [-0.2, 0) is 11.2 Å². The molecule has 1 N–H and O–H groups in total. The molecule has 0 saturated heterocycles. The van der Waals surface area contributed by atoms with Crippen LogP contribution in [0.15, 0.2) is 22.7 Å². The molecule has 100 valence electrons. The molecule has 0 bridgehead atoms. The largest absolute Gasteiger partial charge is 0.450 e. The Hall–Kier alpha value is -0.550. The average molecular weight is 379 g/mol. The van der Waals surface area contributed by atoms with Crippen molar-refractivity contribution >= 4 is 43.6 Å². The normalized spacial score (nSPS) is 10.2. The number of rotatable bonds is 6. The first-order valence-corrected chi connectivity index (χ1v) is 7.87. The maximum Gasteiger partial charge on any atom is 0.411 e. The van der Waals surface area contributed by atoms with Gasteiger partial charge in [-0.2, -0.15) is 0 Å². The molecule has 18 heavy (non-hydrogen) atoms. The molecule has 1 aromatic carbocycles. The number of anilines is 1. The van der Waals surface area contributed by atoms with Crippen LogP contribution < -0.4 is 5.32 Å². The molecular formula is C13H17Br2NO2. The lowest BCUT2D eigenvalue weighted by Gasteiger charge is -2.09. The standard InChI is InChI=1S/C13H17Br2NO2/c1-2-18-13(17)16-12-7-6-10(9-11(12)15)5-3-4-8-14/h6-7,9H,2-5,8H2,1H3,(H,16,17). The first kappa shape index (κ1) is 15.5. The van der Waals surface area contributed by atoms with Crippen LogP contribution in [0.4, 0.5) is 10.5 Å². The van der Waals surface area contributed by atoms with Gasteiger partial charge in [-0.15, -0.1) is 0 Å². The molecule has 0 radical (unpaired) electrons. The van der Waals surface area contributed by atoms with E-state index >= 15 is 0 Å². The summed E-state index contributed by atoms with van der Waals surface area (Å²) in [5.41, 5.74) is 2.00. The summed E-state index contributed by atoms with van der Waals surface area (Å²) in [6, 6.07) is 5.96. The van der Waals surface area contributed by atoms with Gasteiger partial charge in [-0.25, -0.2) is 4.79 Å². The topological polar surface area (TPSA) is 38.3 Å². The molecule has 0 fully saturated rings. The van der Waals surface area contributed by atoms with Crippen LogP contribution in [-0.4, -0.2) is 18.0 Å². The summed E-state index contributed by atoms with van der Waals surface area (Å²) in [7, 11) is 0. The fourth-order valence-corrected chi connectivity index (χ4v) is 2.44. The van der Waals surface area contributed by atoms with Gasteiger partial charge in [-0.1, -0.05) is 22.0 Å². The Balaban J connectivity index is 2.59. The molecule has 1 amide bonds. The van der Waals surface area contributed by atoms with E-state index in [0.29, 0.717) is 6.61 Å². The molecular weight excluding hydrogens is 362 g/mol. The summed E-state index contributed by atoms with van der Waals surface area (Å²) in [5.74, 6) is 0. The number of carbonyl (C=O) groups excluding carboxylic acids is 1. The van der Waals surface area contributed by atoms with Gasteiger partial charge in [-0.05, 0) is 59.8 Å². The summed E-state index contributed by atoms with van der Waals surface area (Å²) in [4.78, 5) is 11.3.